The number of aliphatic hydroxyl groups is 1. The van der Waals surface area contributed by atoms with Crippen LogP contribution in [0.3, 0.4) is 0 Å². The van der Waals surface area contributed by atoms with E-state index in [9.17, 15) is 5.11 Å². The molecule has 1 aliphatic heterocycles. The molecule has 0 bridgehead atoms. The van der Waals surface area contributed by atoms with Crippen molar-refractivity contribution in [3.8, 4) is 17.6 Å². The van der Waals surface area contributed by atoms with E-state index in [4.69, 9.17) is 14.2 Å². The van der Waals surface area contributed by atoms with Crippen molar-refractivity contribution in [2.75, 3.05) is 13.2 Å². The number of ether oxygens (including phenoxy) is 3. The lowest BCUT2D eigenvalue weighted by molar-refractivity contribution is -0.141. The molecule has 0 saturated carbocycles. The van der Waals surface area contributed by atoms with Gasteiger partial charge >= 0.3 is 0 Å². The molecule has 1 saturated heterocycles. The van der Waals surface area contributed by atoms with Gasteiger partial charge in [-0.25, -0.2) is 0 Å². The van der Waals surface area contributed by atoms with Gasteiger partial charge in [0.2, 0.25) is 0 Å². The fraction of sp³-hybridized carbons (Fsp3) is 0.562. The van der Waals surface area contributed by atoms with Crippen LogP contribution < -0.4 is 4.74 Å². The highest BCUT2D eigenvalue weighted by Gasteiger charge is 2.34. The molecule has 0 aromatic heterocycles. The molecule has 0 spiro atoms. The van der Waals surface area contributed by atoms with Gasteiger partial charge in [0.05, 0.1) is 6.61 Å². The highest BCUT2D eigenvalue weighted by atomic mass is 16.7. The van der Waals surface area contributed by atoms with Crippen molar-refractivity contribution in [3.05, 3.63) is 64.2 Å². The minimum atomic E-state index is -0.920. The summed E-state index contributed by atoms with van der Waals surface area (Å²) in [6.45, 7) is 17.6. The van der Waals surface area contributed by atoms with Gasteiger partial charge in [0.25, 0.3) is 0 Å². The van der Waals surface area contributed by atoms with E-state index in [1.54, 1.807) is 0 Å². The Morgan fingerprint density at radius 2 is 1.56 bits per heavy atom. The Morgan fingerprint density at radius 1 is 0.944 bits per heavy atom. The molecule has 2 aromatic carbocycles. The summed E-state index contributed by atoms with van der Waals surface area (Å²) in [6, 6.07) is 13.2. The highest BCUT2D eigenvalue weighted by Crippen LogP contribution is 2.41. The van der Waals surface area contributed by atoms with E-state index in [1.807, 2.05) is 27.7 Å². The SMILES string of the molecule is CCC(O)(C#Cc1ccc(C(CC)(CC)c2ccc(OCC3COC(C)(C)O3)c(C)c2)cc1C)CC. The summed E-state index contributed by atoms with van der Waals surface area (Å²) in [4.78, 5) is 0. The van der Waals surface area contributed by atoms with Crippen LogP contribution in [0.4, 0.5) is 0 Å². The van der Waals surface area contributed by atoms with Crippen LogP contribution in [0.25, 0.3) is 0 Å². The summed E-state index contributed by atoms with van der Waals surface area (Å²) in [7, 11) is 0. The molecule has 36 heavy (non-hydrogen) atoms. The van der Waals surface area contributed by atoms with Crippen LogP contribution in [0, 0.1) is 25.7 Å². The smallest absolute Gasteiger partial charge is 0.163 e. The quantitative estimate of drug-likeness (QED) is 0.389. The molecule has 1 N–H and O–H groups in total. The highest BCUT2D eigenvalue weighted by molar-refractivity contribution is 5.50. The van der Waals surface area contributed by atoms with Gasteiger partial charge in [-0.3, -0.25) is 0 Å². The van der Waals surface area contributed by atoms with Crippen molar-refractivity contribution in [1.82, 2.24) is 0 Å². The molecule has 1 heterocycles. The summed E-state index contributed by atoms with van der Waals surface area (Å²) in [5, 5.41) is 10.6. The second-order valence-electron chi connectivity index (χ2n) is 10.5. The molecule has 1 unspecified atom stereocenters. The maximum atomic E-state index is 10.6. The van der Waals surface area contributed by atoms with Crippen LogP contribution in [-0.4, -0.2) is 35.8 Å². The first-order chi connectivity index (χ1) is 17.0. The maximum absolute atomic E-state index is 10.6. The largest absolute Gasteiger partial charge is 0.491 e. The van der Waals surface area contributed by atoms with Crippen molar-refractivity contribution in [3.63, 3.8) is 0 Å². The van der Waals surface area contributed by atoms with Crippen LogP contribution in [-0.2, 0) is 14.9 Å². The van der Waals surface area contributed by atoms with Crippen molar-refractivity contribution >= 4 is 0 Å². The van der Waals surface area contributed by atoms with Gasteiger partial charge in [0.15, 0.2) is 5.79 Å². The Bertz CT molecular complexity index is 1100. The van der Waals surface area contributed by atoms with Gasteiger partial charge in [0.1, 0.15) is 24.1 Å². The molecule has 4 heteroatoms. The Labute approximate surface area is 218 Å². The van der Waals surface area contributed by atoms with Gasteiger partial charge in [0, 0.05) is 11.0 Å². The average molecular weight is 493 g/mol. The molecule has 196 valence electrons. The third-order valence-electron chi connectivity index (χ3n) is 7.81. The normalized spacial score (nSPS) is 17.5. The molecule has 0 amide bonds. The van der Waals surface area contributed by atoms with Crippen molar-refractivity contribution in [2.24, 2.45) is 0 Å². The third-order valence-corrected chi connectivity index (χ3v) is 7.81. The zero-order valence-electron chi connectivity index (χ0n) is 23.5. The Hall–Kier alpha value is -2.32. The fourth-order valence-corrected chi connectivity index (χ4v) is 5.08. The van der Waals surface area contributed by atoms with Crippen LogP contribution >= 0.6 is 0 Å². The molecule has 4 nitrogen and oxygen atoms in total. The summed E-state index contributed by atoms with van der Waals surface area (Å²) in [5.41, 5.74) is 4.80. The Balaban J connectivity index is 1.85. The molecule has 0 aliphatic carbocycles. The molecular formula is C32H44O4. The minimum absolute atomic E-state index is 0.0558. The molecule has 1 fully saturated rings. The first kappa shape index (κ1) is 28.3. The molecule has 2 aromatic rings. The van der Waals surface area contributed by atoms with Crippen LogP contribution in [0.2, 0.25) is 0 Å². The van der Waals surface area contributed by atoms with Crippen molar-refractivity contribution in [1.29, 1.82) is 0 Å². The standard InChI is InChI=1S/C32H44O4/c1-9-31(33,10-2)18-17-25-13-14-26(19-23(25)5)32(11-3,12-4)27-15-16-29(24(6)20-27)34-21-28-22-35-30(7,8)36-28/h13-16,19-20,28,33H,9-12,21-22H2,1-8H3. The number of rotatable bonds is 9. The average Bonchev–Trinajstić information content (AvgIpc) is 3.22. The maximum Gasteiger partial charge on any atom is 0.163 e. The Kier molecular flexibility index (Phi) is 8.93. The number of hydrogen-bond donors (Lipinski definition) is 1. The Morgan fingerprint density at radius 3 is 2.06 bits per heavy atom. The van der Waals surface area contributed by atoms with E-state index in [1.165, 1.54) is 11.1 Å². The van der Waals surface area contributed by atoms with Gasteiger partial charge in [-0.05, 0) is 87.8 Å². The van der Waals surface area contributed by atoms with Gasteiger partial charge in [-0.1, -0.05) is 63.8 Å². The summed E-state index contributed by atoms with van der Waals surface area (Å²) < 4.78 is 17.7. The van der Waals surface area contributed by atoms with E-state index in [0.717, 1.165) is 35.3 Å². The van der Waals surface area contributed by atoms with Crippen LogP contribution in [0.1, 0.15) is 95.0 Å². The zero-order chi connectivity index (χ0) is 26.6. The first-order valence-corrected chi connectivity index (χ1v) is 13.4. The molecule has 1 atom stereocenters. The predicted molar refractivity (Wildman–Crippen MR) is 147 cm³/mol. The van der Waals surface area contributed by atoms with E-state index in [0.29, 0.717) is 26.1 Å². The summed E-state index contributed by atoms with van der Waals surface area (Å²) in [5.74, 6) is 6.67. The third kappa shape index (κ3) is 6.14. The molecule has 3 rings (SSSR count). The number of hydrogen-bond acceptors (Lipinski definition) is 4. The lowest BCUT2D eigenvalue weighted by Crippen LogP contribution is -2.27. The number of benzene rings is 2. The van der Waals surface area contributed by atoms with E-state index in [2.05, 4.69) is 75.9 Å². The minimum Gasteiger partial charge on any atom is -0.491 e. The van der Waals surface area contributed by atoms with Gasteiger partial charge in [-0.15, -0.1) is 0 Å². The monoisotopic (exact) mass is 492 g/mol. The molecular weight excluding hydrogens is 448 g/mol. The van der Waals surface area contributed by atoms with E-state index < -0.39 is 11.4 Å². The molecule has 1 aliphatic rings. The fourth-order valence-electron chi connectivity index (χ4n) is 5.08. The van der Waals surface area contributed by atoms with Crippen molar-refractivity contribution in [2.45, 2.75) is 104 Å². The second-order valence-corrected chi connectivity index (χ2v) is 10.5. The lowest BCUT2D eigenvalue weighted by atomic mass is 9.70. The lowest BCUT2D eigenvalue weighted by Gasteiger charge is -2.34. The van der Waals surface area contributed by atoms with Crippen molar-refractivity contribution < 1.29 is 19.3 Å². The van der Waals surface area contributed by atoms with Gasteiger partial charge in [-0.2, -0.15) is 0 Å². The van der Waals surface area contributed by atoms with Crippen LogP contribution in [0.15, 0.2) is 36.4 Å². The summed E-state index contributed by atoms with van der Waals surface area (Å²) in [6.07, 6.45) is 3.17. The topological polar surface area (TPSA) is 47.9 Å². The number of aryl methyl sites for hydroxylation is 2. The summed E-state index contributed by atoms with van der Waals surface area (Å²) >= 11 is 0. The molecule has 0 radical (unpaired) electrons. The van der Waals surface area contributed by atoms with Gasteiger partial charge < -0.3 is 19.3 Å². The second kappa shape index (κ2) is 11.4. The first-order valence-electron chi connectivity index (χ1n) is 13.4. The van der Waals surface area contributed by atoms with E-state index >= 15 is 0 Å². The van der Waals surface area contributed by atoms with E-state index in [-0.39, 0.29) is 11.5 Å². The zero-order valence-corrected chi connectivity index (χ0v) is 23.5. The predicted octanol–water partition coefficient (Wildman–Crippen LogP) is 6.84. The van der Waals surface area contributed by atoms with Crippen LogP contribution in [0.5, 0.6) is 5.75 Å².